The second-order valence-electron chi connectivity index (χ2n) is 7.27. The predicted octanol–water partition coefficient (Wildman–Crippen LogP) is -1.72. The van der Waals surface area contributed by atoms with Gasteiger partial charge in [-0.2, -0.15) is 0 Å². The number of nitrogens with one attached hydrogen (secondary N) is 4. The first-order valence-corrected chi connectivity index (χ1v) is 9.79. The largest absolute Gasteiger partial charge is 0.496 e. The number of urea groups is 1. The molecule has 1 fully saturated rings. The Morgan fingerprint density at radius 1 is 1.21 bits per heavy atom. The number of benzene rings is 1. The Morgan fingerprint density at radius 3 is 2.61 bits per heavy atom. The molecule has 0 spiro atoms. The van der Waals surface area contributed by atoms with Crippen LogP contribution >= 0.6 is 0 Å². The number of hydrogen-bond donors (Lipinski definition) is 4. The molecule has 2 heterocycles. The van der Waals surface area contributed by atoms with Gasteiger partial charge in [0.25, 0.3) is 0 Å². The highest BCUT2D eigenvalue weighted by molar-refractivity contribution is 5.95. The molecule has 1 saturated heterocycles. The molecule has 8 heteroatoms. The minimum absolute atomic E-state index is 0.271. The smallest absolute Gasteiger partial charge is 0.338 e. The van der Waals surface area contributed by atoms with Crippen molar-refractivity contribution in [1.29, 1.82) is 0 Å². The van der Waals surface area contributed by atoms with Crippen molar-refractivity contribution in [3.63, 3.8) is 0 Å². The topological polar surface area (TPSA) is 85.5 Å². The Bertz CT molecular complexity index is 756. The molecular weight excluding hydrogens is 360 g/mol. The summed E-state index contributed by atoms with van der Waals surface area (Å²) in [7, 11) is 3.76. The third-order valence-electron chi connectivity index (χ3n) is 5.34. The Labute approximate surface area is 165 Å². The third kappa shape index (κ3) is 4.45. The lowest BCUT2D eigenvalue weighted by Crippen LogP contribution is -3.27. The number of esters is 1. The van der Waals surface area contributed by atoms with Gasteiger partial charge in [0.1, 0.15) is 38.5 Å². The summed E-state index contributed by atoms with van der Waals surface area (Å²) >= 11 is 0. The van der Waals surface area contributed by atoms with E-state index in [1.54, 1.807) is 14.0 Å². The first-order valence-electron chi connectivity index (χ1n) is 9.79. The van der Waals surface area contributed by atoms with E-state index in [0.717, 1.165) is 31.7 Å². The maximum atomic E-state index is 12.9. The van der Waals surface area contributed by atoms with E-state index in [1.165, 1.54) is 9.80 Å². The van der Waals surface area contributed by atoms with Crippen molar-refractivity contribution in [2.75, 3.05) is 53.5 Å². The van der Waals surface area contributed by atoms with E-state index in [2.05, 4.69) is 17.7 Å². The molecule has 0 unspecified atom stereocenters. The van der Waals surface area contributed by atoms with Crippen molar-refractivity contribution in [3.05, 3.63) is 41.1 Å². The van der Waals surface area contributed by atoms with Crippen LogP contribution in [0.2, 0.25) is 0 Å². The van der Waals surface area contributed by atoms with Gasteiger partial charge < -0.3 is 29.9 Å². The number of para-hydroxylation sites is 1. The van der Waals surface area contributed by atoms with E-state index in [4.69, 9.17) is 9.47 Å². The van der Waals surface area contributed by atoms with Gasteiger partial charge in [0.05, 0.1) is 38.1 Å². The highest BCUT2D eigenvalue weighted by Gasteiger charge is 2.37. The molecule has 1 atom stereocenters. The van der Waals surface area contributed by atoms with Crippen LogP contribution in [0.1, 0.15) is 18.5 Å². The first-order chi connectivity index (χ1) is 13.5. The lowest BCUT2D eigenvalue weighted by Gasteiger charge is -2.33. The molecule has 4 N–H and O–H groups in total. The predicted molar refractivity (Wildman–Crippen MR) is 103 cm³/mol. The number of likely N-dealkylation sites (N-methyl/N-ethyl adjacent to an activating group) is 1. The molecule has 152 valence electrons. The van der Waals surface area contributed by atoms with Crippen LogP contribution in [0.25, 0.3) is 0 Å². The summed E-state index contributed by atoms with van der Waals surface area (Å²) in [5, 5.41) is 5.73. The van der Waals surface area contributed by atoms with Crippen LogP contribution in [0.5, 0.6) is 5.75 Å². The molecule has 0 radical (unpaired) electrons. The fourth-order valence-corrected chi connectivity index (χ4v) is 3.80. The Hall–Kier alpha value is -2.58. The Kier molecular flexibility index (Phi) is 6.53. The number of carbonyl (C=O) groups is 2. The zero-order chi connectivity index (χ0) is 20.1. The standard InChI is InChI=1S/C20H28N4O4/c1-4-28-19(25)17-15(13-24-11-9-23(2)10-12-24)21-20(26)22-18(17)14-7-5-6-8-16(14)27-3/h5-8,18H,4,9-13H2,1-3H3,(H2,21,22,26)/p+2/t18-/m0/s1. The first kappa shape index (κ1) is 20.2. The zero-order valence-electron chi connectivity index (χ0n) is 16.8. The maximum Gasteiger partial charge on any atom is 0.338 e. The molecule has 28 heavy (non-hydrogen) atoms. The summed E-state index contributed by atoms with van der Waals surface area (Å²) in [4.78, 5) is 28.1. The van der Waals surface area contributed by atoms with Crippen LogP contribution in [0, 0.1) is 0 Å². The summed E-state index contributed by atoms with van der Waals surface area (Å²) in [6.45, 7) is 6.76. The molecule has 1 aromatic carbocycles. The van der Waals surface area contributed by atoms with Crippen LogP contribution in [0.3, 0.4) is 0 Å². The van der Waals surface area contributed by atoms with Gasteiger partial charge in [-0.25, -0.2) is 9.59 Å². The molecule has 0 bridgehead atoms. The molecule has 0 saturated carbocycles. The van der Waals surface area contributed by atoms with Gasteiger partial charge in [0.2, 0.25) is 0 Å². The number of amides is 2. The second-order valence-corrected chi connectivity index (χ2v) is 7.27. The number of methoxy groups -OCH3 is 1. The van der Waals surface area contributed by atoms with E-state index in [1.807, 2.05) is 24.3 Å². The van der Waals surface area contributed by atoms with Crippen LogP contribution < -0.4 is 25.2 Å². The monoisotopic (exact) mass is 390 g/mol. The highest BCUT2D eigenvalue weighted by atomic mass is 16.5. The van der Waals surface area contributed by atoms with Crippen molar-refractivity contribution in [1.82, 2.24) is 10.6 Å². The summed E-state index contributed by atoms with van der Waals surface area (Å²) in [6, 6.07) is 6.47. The lowest BCUT2D eigenvalue weighted by atomic mass is 9.94. The van der Waals surface area contributed by atoms with E-state index < -0.39 is 12.0 Å². The van der Waals surface area contributed by atoms with E-state index in [-0.39, 0.29) is 12.6 Å². The van der Waals surface area contributed by atoms with Crippen molar-refractivity contribution in [2.45, 2.75) is 13.0 Å². The van der Waals surface area contributed by atoms with Gasteiger partial charge in [-0.1, -0.05) is 18.2 Å². The van der Waals surface area contributed by atoms with Gasteiger partial charge in [0, 0.05) is 5.56 Å². The molecule has 0 aromatic heterocycles. The van der Waals surface area contributed by atoms with Crippen molar-refractivity contribution in [2.24, 2.45) is 0 Å². The molecule has 2 amide bonds. The number of quaternary nitrogens is 2. The molecule has 8 nitrogen and oxygen atoms in total. The molecular formula is C20H30N4O4+2. The molecule has 3 rings (SSSR count). The van der Waals surface area contributed by atoms with Gasteiger partial charge in [0.15, 0.2) is 0 Å². The minimum Gasteiger partial charge on any atom is -0.496 e. The maximum absolute atomic E-state index is 12.9. The Morgan fingerprint density at radius 2 is 1.93 bits per heavy atom. The third-order valence-corrected chi connectivity index (χ3v) is 5.34. The van der Waals surface area contributed by atoms with Gasteiger partial charge in [-0.15, -0.1) is 0 Å². The summed E-state index contributed by atoms with van der Waals surface area (Å²) < 4.78 is 10.8. The SMILES string of the molecule is CCOC(=O)C1=C(C[NH+]2CC[NH+](C)CC2)NC(=O)N[C@H]1c1ccccc1OC. The second kappa shape index (κ2) is 9.07. The van der Waals surface area contributed by atoms with Crippen molar-refractivity contribution in [3.8, 4) is 5.75 Å². The summed E-state index contributed by atoms with van der Waals surface area (Å²) in [5.74, 6) is 0.200. The zero-order valence-corrected chi connectivity index (χ0v) is 16.8. The number of rotatable bonds is 6. The number of hydrogen-bond acceptors (Lipinski definition) is 4. The average Bonchev–Trinajstić information content (AvgIpc) is 2.69. The van der Waals surface area contributed by atoms with Crippen LogP contribution in [-0.4, -0.2) is 65.5 Å². The van der Waals surface area contributed by atoms with E-state index in [9.17, 15) is 9.59 Å². The van der Waals surface area contributed by atoms with Gasteiger partial charge in [-0.3, -0.25) is 0 Å². The minimum atomic E-state index is -0.614. The normalized spacial score (nSPS) is 25.0. The van der Waals surface area contributed by atoms with Crippen molar-refractivity contribution >= 4 is 12.0 Å². The average molecular weight is 390 g/mol. The molecule has 2 aliphatic heterocycles. The van der Waals surface area contributed by atoms with Crippen LogP contribution in [0.4, 0.5) is 4.79 Å². The fourth-order valence-electron chi connectivity index (χ4n) is 3.80. The van der Waals surface area contributed by atoms with Crippen LogP contribution in [0.15, 0.2) is 35.5 Å². The quantitative estimate of drug-likeness (QED) is 0.436. The fraction of sp³-hybridized carbons (Fsp3) is 0.500. The molecule has 1 aromatic rings. The highest BCUT2D eigenvalue weighted by Crippen LogP contribution is 2.33. The lowest BCUT2D eigenvalue weighted by molar-refractivity contribution is -1.00. The summed E-state index contributed by atoms with van der Waals surface area (Å²) in [6.07, 6.45) is 0. The Balaban J connectivity index is 1.99. The van der Waals surface area contributed by atoms with Gasteiger partial charge >= 0.3 is 12.0 Å². The van der Waals surface area contributed by atoms with Crippen molar-refractivity contribution < 1.29 is 28.9 Å². The number of piperazine rings is 1. The van der Waals surface area contributed by atoms with E-state index >= 15 is 0 Å². The molecule has 0 aliphatic carbocycles. The van der Waals surface area contributed by atoms with E-state index in [0.29, 0.717) is 23.6 Å². The van der Waals surface area contributed by atoms with Gasteiger partial charge in [-0.05, 0) is 13.0 Å². The number of carbonyl (C=O) groups excluding carboxylic acids is 2. The van der Waals surface area contributed by atoms with Crippen LogP contribution in [-0.2, 0) is 9.53 Å². The number of ether oxygens (including phenoxy) is 2. The summed E-state index contributed by atoms with van der Waals surface area (Å²) in [5.41, 5.74) is 1.82. The molecule has 2 aliphatic rings.